The van der Waals surface area contributed by atoms with Gasteiger partial charge in [-0.25, -0.2) is 4.79 Å². The number of ether oxygens (including phenoxy) is 1. The van der Waals surface area contributed by atoms with E-state index >= 15 is 0 Å². The molecule has 2 aromatic carbocycles. The van der Waals surface area contributed by atoms with E-state index in [2.05, 4.69) is 10.4 Å². The average Bonchev–Trinajstić information content (AvgIpc) is 3.59. The predicted molar refractivity (Wildman–Crippen MR) is 134 cm³/mol. The zero-order valence-corrected chi connectivity index (χ0v) is 20.3. The van der Waals surface area contributed by atoms with Crippen LogP contribution < -0.4 is 11.1 Å². The van der Waals surface area contributed by atoms with Gasteiger partial charge in [0.05, 0.1) is 23.9 Å². The highest BCUT2D eigenvalue weighted by Crippen LogP contribution is 2.44. The molecule has 1 aromatic heterocycles. The van der Waals surface area contributed by atoms with E-state index in [0.717, 1.165) is 23.8 Å². The Morgan fingerprint density at radius 2 is 2.08 bits per heavy atom. The van der Waals surface area contributed by atoms with Crippen molar-refractivity contribution in [2.75, 3.05) is 18.4 Å². The third kappa shape index (κ3) is 3.97. The Hall–Kier alpha value is -3.59. The number of nitrogens with zero attached hydrogens (tertiary/aromatic N) is 3. The van der Waals surface area contributed by atoms with E-state index in [0.29, 0.717) is 53.5 Å². The fraction of sp³-hybridized carbons (Fsp3) is 0.385. The quantitative estimate of drug-likeness (QED) is 0.536. The SMILES string of the molecule is NC(=O)c1ccc2cnn([C@@H](CC3CC3)C(=O)N3CCC[C@@]4(C3)OC(=O)Nc3ccc(Cl)cc34)c2c1. The van der Waals surface area contributed by atoms with Crippen molar-refractivity contribution in [3.63, 3.8) is 0 Å². The number of piperidine rings is 1. The lowest BCUT2D eigenvalue weighted by molar-refractivity contribution is -0.143. The second-order valence-electron chi connectivity index (χ2n) is 9.98. The van der Waals surface area contributed by atoms with Crippen molar-refractivity contribution in [2.45, 2.75) is 43.7 Å². The van der Waals surface area contributed by atoms with Gasteiger partial charge in [-0.15, -0.1) is 0 Å². The van der Waals surface area contributed by atoms with Crippen LogP contribution in [0.4, 0.5) is 10.5 Å². The first-order valence-corrected chi connectivity index (χ1v) is 12.6. The molecule has 186 valence electrons. The average molecular weight is 508 g/mol. The number of hydrogen-bond donors (Lipinski definition) is 2. The number of carbonyl (C=O) groups is 3. The molecule has 9 nitrogen and oxygen atoms in total. The normalized spacial score (nSPS) is 22.1. The summed E-state index contributed by atoms with van der Waals surface area (Å²) in [5.41, 5.74) is 7.04. The topological polar surface area (TPSA) is 120 Å². The fourth-order valence-electron chi connectivity index (χ4n) is 5.51. The van der Waals surface area contributed by atoms with Crippen LogP contribution in [0.2, 0.25) is 5.02 Å². The molecule has 1 aliphatic carbocycles. The van der Waals surface area contributed by atoms with Crippen LogP contribution >= 0.6 is 11.6 Å². The van der Waals surface area contributed by atoms with Crippen molar-refractivity contribution in [3.05, 3.63) is 58.7 Å². The summed E-state index contributed by atoms with van der Waals surface area (Å²) in [5, 5.41) is 8.67. The molecule has 1 saturated carbocycles. The van der Waals surface area contributed by atoms with Gasteiger partial charge in [-0.05, 0) is 55.5 Å². The number of anilines is 1. The van der Waals surface area contributed by atoms with Crippen LogP contribution in [-0.2, 0) is 15.1 Å². The molecule has 36 heavy (non-hydrogen) atoms. The summed E-state index contributed by atoms with van der Waals surface area (Å²) in [4.78, 5) is 40.1. The molecule has 10 heteroatoms. The van der Waals surface area contributed by atoms with Crippen LogP contribution in [-0.4, -0.2) is 45.7 Å². The molecular weight excluding hydrogens is 482 g/mol. The Labute approximate surface area is 212 Å². The van der Waals surface area contributed by atoms with Crippen LogP contribution in [0.3, 0.4) is 0 Å². The van der Waals surface area contributed by atoms with E-state index in [4.69, 9.17) is 22.1 Å². The van der Waals surface area contributed by atoms with Crippen LogP contribution in [0.1, 0.15) is 54.1 Å². The maximum absolute atomic E-state index is 14.1. The molecule has 2 aliphatic heterocycles. The first kappa shape index (κ1) is 22.8. The van der Waals surface area contributed by atoms with Gasteiger partial charge in [-0.2, -0.15) is 5.10 Å². The zero-order chi connectivity index (χ0) is 25.0. The van der Waals surface area contributed by atoms with E-state index in [9.17, 15) is 14.4 Å². The maximum atomic E-state index is 14.1. The van der Waals surface area contributed by atoms with Gasteiger partial charge in [0, 0.05) is 28.1 Å². The number of nitrogens with two attached hydrogens (primary N) is 1. The largest absolute Gasteiger partial charge is 0.436 e. The van der Waals surface area contributed by atoms with E-state index < -0.39 is 23.6 Å². The highest BCUT2D eigenvalue weighted by atomic mass is 35.5. The molecular formula is C26H26ClN5O4. The molecule has 3 heterocycles. The molecule has 2 atom stereocenters. The van der Waals surface area contributed by atoms with Crippen molar-refractivity contribution in [1.29, 1.82) is 0 Å². The number of aromatic nitrogens is 2. The number of hydrogen-bond acceptors (Lipinski definition) is 5. The minimum atomic E-state index is -0.966. The van der Waals surface area contributed by atoms with Crippen molar-refractivity contribution < 1.29 is 19.1 Å². The smallest absolute Gasteiger partial charge is 0.412 e. The van der Waals surface area contributed by atoms with Crippen molar-refractivity contribution in [3.8, 4) is 0 Å². The second kappa shape index (κ2) is 8.51. The third-order valence-electron chi connectivity index (χ3n) is 7.48. The number of amides is 3. The van der Waals surface area contributed by atoms with Gasteiger partial charge >= 0.3 is 6.09 Å². The number of nitrogens with one attached hydrogen (secondary N) is 1. The lowest BCUT2D eigenvalue weighted by atomic mass is 9.83. The number of halogens is 1. The van der Waals surface area contributed by atoms with Gasteiger partial charge in [-0.1, -0.05) is 30.5 Å². The highest BCUT2D eigenvalue weighted by Gasteiger charge is 2.47. The Morgan fingerprint density at radius 3 is 2.86 bits per heavy atom. The summed E-state index contributed by atoms with van der Waals surface area (Å²) < 4.78 is 7.60. The molecule has 0 radical (unpaired) electrons. The second-order valence-corrected chi connectivity index (χ2v) is 10.4. The van der Waals surface area contributed by atoms with Crippen LogP contribution in [0.15, 0.2) is 42.6 Å². The van der Waals surface area contributed by atoms with E-state index in [1.54, 1.807) is 52.2 Å². The Balaban J connectivity index is 1.36. The predicted octanol–water partition coefficient (Wildman–Crippen LogP) is 4.21. The molecule has 0 bridgehead atoms. The third-order valence-corrected chi connectivity index (χ3v) is 7.72. The first-order chi connectivity index (χ1) is 17.3. The number of primary amides is 1. The molecule has 1 spiro atoms. The summed E-state index contributed by atoms with van der Waals surface area (Å²) in [6, 6.07) is 9.91. The van der Waals surface area contributed by atoms with Crippen LogP contribution in [0.5, 0.6) is 0 Å². The number of fused-ring (bicyclic) bond motifs is 3. The van der Waals surface area contributed by atoms with Gasteiger partial charge in [0.25, 0.3) is 0 Å². The zero-order valence-electron chi connectivity index (χ0n) is 19.6. The van der Waals surface area contributed by atoms with Gasteiger partial charge in [0.2, 0.25) is 11.8 Å². The van der Waals surface area contributed by atoms with E-state index in [-0.39, 0.29) is 12.5 Å². The number of likely N-dealkylation sites (tertiary alicyclic amines) is 1. The van der Waals surface area contributed by atoms with Gasteiger partial charge < -0.3 is 15.4 Å². The van der Waals surface area contributed by atoms with Crippen molar-refractivity contribution >= 4 is 46.1 Å². The number of benzene rings is 2. The minimum Gasteiger partial charge on any atom is -0.436 e. The molecule has 3 aromatic rings. The number of carbonyl (C=O) groups excluding carboxylic acids is 3. The maximum Gasteiger partial charge on any atom is 0.412 e. The molecule has 6 rings (SSSR count). The molecule has 3 amide bonds. The highest BCUT2D eigenvalue weighted by molar-refractivity contribution is 6.30. The van der Waals surface area contributed by atoms with Crippen LogP contribution in [0, 0.1) is 5.92 Å². The van der Waals surface area contributed by atoms with E-state index in [1.807, 2.05) is 0 Å². The molecule has 3 N–H and O–H groups in total. The molecule has 1 saturated heterocycles. The Morgan fingerprint density at radius 1 is 1.25 bits per heavy atom. The summed E-state index contributed by atoms with van der Waals surface area (Å²) in [6.45, 7) is 0.786. The lowest BCUT2D eigenvalue weighted by Crippen LogP contribution is -2.54. The fourth-order valence-corrected chi connectivity index (χ4v) is 5.68. The minimum absolute atomic E-state index is 0.0754. The van der Waals surface area contributed by atoms with Crippen LogP contribution in [0.25, 0.3) is 10.9 Å². The molecule has 3 aliphatic rings. The Bertz CT molecular complexity index is 1400. The molecule has 2 fully saturated rings. The van der Waals surface area contributed by atoms with Crippen molar-refractivity contribution in [1.82, 2.24) is 14.7 Å². The van der Waals surface area contributed by atoms with Gasteiger partial charge in [-0.3, -0.25) is 19.6 Å². The molecule has 0 unspecified atom stereocenters. The summed E-state index contributed by atoms with van der Waals surface area (Å²) >= 11 is 6.29. The van der Waals surface area contributed by atoms with Gasteiger partial charge in [0.15, 0.2) is 5.60 Å². The number of rotatable bonds is 5. The standard InChI is InChI=1S/C26H26ClN5O4/c27-18-6-7-20-19(12-18)26(36-25(35)30-20)8-1-9-31(14-26)24(34)22(10-15-2-3-15)32-21-11-16(23(28)33)4-5-17(21)13-29-32/h4-7,11-13,15,22H,1-3,8-10,14H2,(H2,28,33)(H,30,35)/t22-,26-/m0/s1. The monoisotopic (exact) mass is 507 g/mol. The summed E-state index contributed by atoms with van der Waals surface area (Å²) in [5.74, 6) is -0.154. The summed E-state index contributed by atoms with van der Waals surface area (Å²) in [6.07, 6.45) is 5.25. The summed E-state index contributed by atoms with van der Waals surface area (Å²) in [7, 11) is 0. The first-order valence-electron chi connectivity index (χ1n) is 12.2. The Kier molecular flexibility index (Phi) is 5.40. The van der Waals surface area contributed by atoms with Gasteiger partial charge in [0.1, 0.15) is 6.04 Å². The van der Waals surface area contributed by atoms with E-state index in [1.165, 1.54) is 0 Å². The van der Waals surface area contributed by atoms with Crippen molar-refractivity contribution in [2.24, 2.45) is 11.7 Å². The lowest BCUT2D eigenvalue weighted by Gasteiger charge is -2.45.